The van der Waals surface area contributed by atoms with Gasteiger partial charge in [-0.2, -0.15) is 0 Å². The van der Waals surface area contributed by atoms with Gasteiger partial charge in [0, 0.05) is 0 Å². The zero-order chi connectivity index (χ0) is 22.0. The first kappa shape index (κ1) is 23.1. The first-order valence-electron chi connectivity index (χ1n) is 10.0. The molecule has 0 amide bonds. The lowest BCUT2D eigenvalue weighted by molar-refractivity contribution is -0.176. The van der Waals surface area contributed by atoms with Gasteiger partial charge in [-0.05, 0) is 39.5 Å². The zero-order valence-corrected chi connectivity index (χ0v) is 17.9. The van der Waals surface area contributed by atoms with E-state index in [9.17, 15) is 19.2 Å². The van der Waals surface area contributed by atoms with Crippen molar-refractivity contribution in [2.45, 2.75) is 76.7 Å². The molecule has 2 saturated heterocycles. The Morgan fingerprint density at radius 2 is 1.17 bits per heavy atom. The number of carbonyl (C=O) groups excluding carboxylic acids is 4. The maximum Gasteiger partial charge on any atom is 0.327 e. The summed E-state index contributed by atoms with van der Waals surface area (Å²) in [4.78, 5) is 51.8. The van der Waals surface area contributed by atoms with Gasteiger partial charge in [-0.1, -0.05) is 13.8 Å². The molecular weight excluding hydrogens is 382 g/mol. The number of methoxy groups -OCH3 is 2. The van der Waals surface area contributed by atoms with Crippen molar-refractivity contribution in [3.63, 3.8) is 0 Å². The van der Waals surface area contributed by atoms with Crippen molar-refractivity contribution in [2.75, 3.05) is 14.2 Å². The van der Waals surface area contributed by atoms with Crippen LogP contribution in [0.5, 0.6) is 0 Å². The summed E-state index contributed by atoms with van der Waals surface area (Å²) < 4.78 is 20.8. The van der Waals surface area contributed by atoms with E-state index in [1.807, 2.05) is 13.8 Å². The summed E-state index contributed by atoms with van der Waals surface area (Å²) in [5, 5.41) is 2.95. The van der Waals surface area contributed by atoms with Crippen LogP contribution < -0.4 is 5.32 Å². The Labute approximate surface area is 170 Å². The number of ether oxygens (including phenoxy) is 4. The van der Waals surface area contributed by atoms with Gasteiger partial charge >= 0.3 is 23.9 Å². The van der Waals surface area contributed by atoms with Crippen molar-refractivity contribution < 1.29 is 38.1 Å². The fourth-order valence-corrected chi connectivity index (χ4v) is 4.26. The third-order valence-electron chi connectivity index (χ3n) is 6.15. The summed E-state index contributed by atoms with van der Waals surface area (Å²) in [6.45, 7) is 7.12. The van der Waals surface area contributed by atoms with E-state index in [1.54, 1.807) is 13.8 Å². The Bertz CT molecular complexity index is 623. The average molecular weight is 413 g/mol. The molecular formula is C20H31NO8. The smallest absolute Gasteiger partial charge is 0.327 e. The highest BCUT2D eigenvalue weighted by Crippen LogP contribution is 2.54. The van der Waals surface area contributed by atoms with Crippen LogP contribution in [0.4, 0.5) is 0 Å². The summed E-state index contributed by atoms with van der Waals surface area (Å²) in [5.41, 5.74) is -3.13. The molecule has 0 saturated carbocycles. The van der Waals surface area contributed by atoms with Gasteiger partial charge in [-0.3, -0.25) is 24.5 Å². The number of fused-ring (bicyclic) bond motifs is 2. The summed E-state index contributed by atoms with van der Waals surface area (Å²) in [6, 6.07) is 0. The van der Waals surface area contributed by atoms with E-state index in [2.05, 4.69) is 5.32 Å². The molecule has 29 heavy (non-hydrogen) atoms. The third-order valence-corrected chi connectivity index (χ3v) is 6.15. The first-order chi connectivity index (χ1) is 13.6. The molecule has 0 aromatic heterocycles. The lowest BCUT2D eigenvalue weighted by Crippen LogP contribution is -2.55. The molecule has 0 radical (unpaired) electrons. The first-order valence-corrected chi connectivity index (χ1v) is 10.0. The molecule has 2 aliphatic heterocycles. The Kier molecular flexibility index (Phi) is 6.93. The number of hydrogen-bond acceptors (Lipinski definition) is 9. The van der Waals surface area contributed by atoms with E-state index in [4.69, 9.17) is 18.9 Å². The van der Waals surface area contributed by atoms with Crippen LogP contribution in [0, 0.1) is 11.8 Å². The maximum absolute atomic E-state index is 13.1. The molecule has 2 unspecified atom stereocenters. The minimum Gasteiger partial charge on any atom is -0.468 e. The molecule has 0 spiro atoms. The van der Waals surface area contributed by atoms with Crippen molar-refractivity contribution in [2.24, 2.45) is 11.8 Å². The molecule has 2 aliphatic rings. The summed E-state index contributed by atoms with van der Waals surface area (Å²) in [6.07, 6.45) is 0.528. The van der Waals surface area contributed by atoms with Crippen molar-refractivity contribution in [3.05, 3.63) is 0 Å². The molecule has 1 N–H and O–H groups in total. The van der Waals surface area contributed by atoms with Crippen molar-refractivity contribution in [1.82, 2.24) is 5.32 Å². The molecule has 9 nitrogen and oxygen atoms in total. The predicted molar refractivity (Wildman–Crippen MR) is 101 cm³/mol. The molecule has 0 aromatic carbocycles. The third kappa shape index (κ3) is 3.72. The lowest BCUT2D eigenvalue weighted by atomic mass is 9.66. The summed E-state index contributed by atoms with van der Waals surface area (Å²) in [7, 11) is 2.39. The second-order valence-electron chi connectivity index (χ2n) is 7.82. The number of rotatable bonds is 8. The van der Waals surface area contributed by atoms with Gasteiger partial charge in [-0.25, -0.2) is 0 Å². The van der Waals surface area contributed by atoms with Crippen molar-refractivity contribution >= 4 is 23.9 Å². The zero-order valence-electron chi connectivity index (χ0n) is 17.9. The minimum absolute atomic E-state index is 0.127. The Morgan fingerprint density at radius 1 is 0.828 bits per heavy atom. The number of hydrogen-bond donors (Lipinski definition) is 1. The van der Waals surface area contributed by atoms with Gasteiger partial charge < -0.3 is 18.9 Å². The standard InChI is InChI=1S/C20H31NO8/c1-7-11(3)28-15(22)13-14(16(23)29-12(4)8-2)20(18(25)27-6)10-9-19(13,21-20)17(24)26-5/h11-14,21H,7-10H2,1-6H3/t11?,12?,13-,14-,19-,20+/m1/s1. The SMILES string of the molecule is CCC(C)OC(=O)[C@H]1[C@H](C(=O)OC(C)CC)[C@]2(C(=O)OC)CC[C@@]1(C(=O)OC)N2. The minimum atomic E-state index is -1.56. The number of esters is 4. The normalized spacial score (nSPS) is 32.2. The molecule has 2 bridgehead atoms. The number of carbonyl (C=O) groups is 4. The van der Waals surface area contributed by atoms with Crippen LogP contribution in [-0.2, 0) is 38.1 Å². The Hall–Kier alpha value is -2.16. The topological polar surface area (TPSA) is 117 Å². The van der Waals surface area contributed by atoms with E-state index in [0.717, 1.165) is 0 Å². The fourth-order valence-electron chi connectivity index (χ4n) is 4.26. The van der Waals surface area contributed by atoms with Crippen LogP contribution in [0.15, 0.2) is 0 Å². The molecule has 2 fully saturated rings. The van der Waals surface area contributed by atoms with Gasteiger partial charge in [0.05, 0.1) is 26.4 Å². The van der Waals surface area contributed by atoms with Crippen LogP contribution in [0.2, 0.25) is 0 Å². The molecule has 2 heterocycles. The quantitative estimate of drug-likeness (QED) is 0.461. The van der Waals surface area contributed by atoms with E-state index < -0.39 is 59.0 Å². The van der Waals surface area contributed by atoms with E-state index >= 15 is 0 Å². The number of nitrogens with one attached hydrogen (secondary N) is 1. The second kappa shape index (κ2) is 8.69. The van der Waals surface area contributed by atoms with Crippen molar-refractivity contribution in [1.29, 1.82) is 0 Å². The molecule has 0 aromatic rings. The van der Waals surface area contributed by atoms with E-state index in [-0.39, 0.29) is 12.8 Å². The molecule has 9 heteroatoms. The molecule has 164 valence electrons. The fraction of sp³-hybridized carbons (Fsp3) is 0.800. The van der Waals surface area contributed by atoms with Crippen LogP contribution in [0.25, 0.3) is 0 Å². The van der Waals surface area contributed by atoms with Crippen molar-refractivity contribution in [3.8, 4) is 0 Å². The summed E-state index contributed by atoms with van der Waals surface area (Å²) >= 11 is 0. The van der Waals surface area contributed by atoms with Crippen LogP contribution in [-0.4, -0.2) is 61.4 Å². The summed E-state index contributed by atoms with van der Waals surface area (Å²) in [5.74, 6) is -5.48. The van der Waals surface area contributed by atoms with Gasteiger partial charge in [0.2, 0.25) is 0 Å². The van der Waals surface area contributed by atoms with Gasteiger partial charge in [0.1, 0.15) is 22.9 Å². The predicted octanol–water partition coefficient (Wildman–Crippen LogP) is 1.12. The highest BCUT2D eigenvalue weighted by atomic mass is 16.6. The molecule has 2 rings (SSSR count). The largest absolute Gasteiger partial charge is 0.468 e. The Balaban J connectivity index is 2.58. The van der Waals surface area contributed by atoms with Gasteiger partial charge in [0.25, 0.3) is 0 Å². The van der Waals surface area contributed by atoms with Crippen LogP contribution in [0.3, 0.4) is 0 Å². The Morgan fingerprint density at radius 3 is 1.45 bits per heavy atom. The maximum atomic E-state index is 13.1. The molecule has 6 atom stereocenters. The van der Waals surface area contributed by atoms with Gasteiger partial charge in [0.15, 0.2) is 0 Å². The highest BCUT2D eigenvalue weighted by molar-refractivity contribution is 6.01. The van der Waals surface area contributed by atoms with E-state index in [0.29, 0.717) is 12.8 Å². The van der Waals surface area contributed by atoms with Crippen LogP contribution >= 0.6 is 0 Å². The second-order valence-corrected chi connectivity index (χ2v) is 7.82. The average Bonchev–Trinajstić information content (AvgIpc) is 3.26. The van der Waals surface area contributed by atoms with E-state index in [1.165, 1.54) is 14.2 Å². The van der Waals surface area contributed by atoms with Gasteiger partial charge in [-0.15, -0.1) is 0 Å². The van der Waals surface area contributed by atoms with Crippen LogP contribution in [0.1, 0.15) is 53.4 Å². The molecule has 0 aliphatic carbocycles. The lowest BCUT2D eigenvalue weighted by Gasteiger charge is -2.36. The monoisotopic (exact) mass is 413 g/mol. The highest BCUT2D eigenvalue weighted by Gasteiger charge is 2.77.